The molecule has 2 N–H and O–H groups in total. The average Bonchev–Trinajstić information content (AvgIpc) is 2.64. The molecule has 1 unspecified atom stereocenters. The Kier molecular flexibility index (Phi) is 7.22. The molecule has 0 heterocycles. The van der Waals surface area contributed by atoms with Crippen molar-refractivity contribution in [3.63, 3.8) is 0 Å². The van der Waals surface area contributed by atoms with Crippen LogP contribution in [0.3, 0.4) is 0 Å². The third-order valence-electron chi connectivity index (χ3n) is 4.57. The number of nitrogens with one attached hydrogen (secondary N) is 2. The Morgan fingerprint density at radius 2 is 1.77 bits per heavy atom. The third kappa shape index (κ3) is 6.00. The second kappa shape index (κ2) is 9.11. The molecule has 2 aromatic rings. The SMILES string of the molecule is CC(S)C(=O)NCc1ccc(NS(C)(=O)=O)c(C#N)c1-c1ccc(C(C)(C)C)cc1. The monoisotopic (exact) mass is 445 g/mol. The number of benzene rings is 2. The van der Waals surface area contributed by atoms with E-state index in [2.05, 4.69) is 49.5 Å². The molecular formula is C22H27N3O3S2. The molecule has 0 bridgehead atoms. The highest BCUT2D eigenvalue weighted by atomic mass is 32.2. The van der Waals surface area contributed by atoms with Crippen molar-refractivity contribution >= 4 is 34.2 Å². The van der Waals surface area contributed by atoms with Gasteiger partial charge in [-0.15, -0.1) is 0 Å². The first-order chi connectivity index (χ1) is 13.8. The first kappa shape index (κ1) is 23.8. The van der Waals surface area contributed by atoms with Crippen LogP contribution in [0.1, 0.15) is 44.4 Å². The molecule has 1 atom stereocenters. The molecular weight excluding hydrogens is 418 g/mol. The van der Waals surface area contributed by atoms with Crippen LogP contribution in [-0.2, 0) is 26.8 Å². The molecule has 2 aromatic carbocycles. The zero-order valence-electron chi connectivity index (χ0n) is 17.8. The van der Waals surface area contributed by atoms with E-state index in [1.165, 1.54) is 6.07 Å². The zero-order valence-corrected chi connectivity index (χ0v) is 19.5. The molecule has 0 saturated carbocycles. The van der Waals surface area contributed by atoms with Crippen molar-refractivity contribution in [1.82, 2.24) is 5.32 Å². The molecule has 8 heteroatoms. The molecule has 30 heavy (non-hydrogen) atoms. The summed E-state index contributed by atoms with van der Waals surface area (Å²) in [6.45, 7) is 8.19. The van der Waals surface area contributed by atoms with Crippen LogP contribution < -0.4 is 10.0 Å². The minimum absolute atomic E-state index is 0.0319. The van der Waals surface area contributed by atoms with Gasteiger partial charge in [-0.3, -0.25) is 9.52 Å². The number of hydrogen-bond acceptors (Lipinski definition) is 5. The highest BCUT2D eigenvalue weighted by molar-refractivity contribution is 7.92. The Hall–Kier alpha value is -2.50. The van der Waals surface area contributed by atoms with E-state index >= 15 is 0 Å². The lowest BCUT2D eigenvalue weighted by atomic mass is 9.85. The van der Waals surface area contributed by atoms with Crippen molar-refractivity contribution in [1.29, 1.82) is 5.26 Å². The van der Waals surface area contributed by atoms with Crippen molar-refractivity contribution in [3.05, 3.63) is 53.1 Å². The number of carbonyl (C=O) groups excluding carboxylic acids is 1. The van der Waals surface area contributed by atoms with E-state index in [9.17, 15) is 18.5 Å². The third-order valence-corrected chi connectivity index (χ3v) is 5.40. The molecule has 160 valence electrons. The van der Waals surface area contributed by atoms with Crippen LogP contribution in [-0.4, -0.2) is 25.8 Å². The van der Waals surface area contributed by atoms with Gasteiger partial charge in [-0.25, -0.2) is 8.42 Å². The number of amides is 1. The average molecular weight is 446 g/mol. The molecule has 0 aromatic heterocycles. The molecule has 2 rings (SSSR count). The Bertz CT molecular complexity index is 1080. The molecule has 0 saturated heterocycles. The van der Waals surface area contributed by atoms with E-state index in [0.29, 0.717) is 11.1 Å². The summed E-state index contributed by atoms with van der Waals surface area (Å²) in [4.78, 5) is 12.0. The topological polar surface area (TPSA) is 99.1 Å². The highest BCUT2D eigenvalue weighted by Crippen LogP contribution is 2.34. The molecule has 0 aliphatic heterocycles. The van der Waals surface area contributed by atoms with Crippen molar-refractivity contribution in [2.75, 3.05) is 11.0 Å². The van der Waals surface area contributed by atoms with Crippen LogP contribution in [0.25, 0.3) is 11.1 Å². The van der Waals surface area contributed by atoms with Gasteiger partial charge in [0.05, 0.1) is 22.8 Å². The van der Waals surface area contributed by atoms with Gasteiger partial charge in [0.1, 0.15) is 6.07 Å². The van der Waals surface area contributed by atoms with Gasteiger partial charge in [0.15, 0.2) is 0 Å². The normalized spacial score (nSPS) is 12.7. The van der Waals surface area contributed by atoms with Gasteiger partial charge in [-0.2, -0.15) is 17.9 Å². The number of nitrogens with zero attached hydrogens (tertiary/aromatic N) is 1. The molecule has 0 spiro atoms. The molecule has 0 radical (unpaired) electrons. The first-order valence-electron chi connectivity index (χ1n) is 9.44. The van der Waals surface area contributed by atoms with E-state index in [0.717, 1.165) is 17.4 Å². The summed E-state index contributed by atoms with van der Waals surface area (Å²) in [5.74, 6) is -0.232. The molecule has 0 aliphatic rings. The minimum Gasteiger partial charge on any atom is -0.351 e. The number of anilines is 1. The fourth-order valence-electron chi connectivity index (χ4n) is 2.99. The molecule has 1 amide bonds. The second-order valence-corrected chi connectivity index (χ2v) is 10.8. The molecule has 0 fully saturated rings. The number of nitriles is 1. The number of sulfonamides is 1. The Labute approximate surface area is 184 Å². The van der Waals surface area contributed by atoms with Crippen molar-refractivity contribution < 1.29 is 13.2 Å². The quantitative estimate of drug-likeness (QED) is 0.589. The van der Waals surface area contributed by atoms with Crippen LogP contribution >= 0.6 is 12.6 Å². The number of hydrogen-bond donors (Lipinski definition) is 3. The maximum absolute atomic E-state index is 12.0. The highest BCUT2D eigenvalue weighted by Gasteiger charge is 2.19. The smallest absolute Gasteiger partial charge is 0.232 e. The van der Waals surface area contributed by atoms with Crippen molar-refractivity contribution in [3.8, 4) is 17.2 Å². The van der Waals surface area contributed by atoms with Gasteiger partial charge in [-0.05, 0) is 35.1 Å². The summed E-state index contributed by atoms with van der Waals surface area (Å²) in [5, 5.41) is 12.2. The molecule has 6 nitrogen and oxygen atoms in total. The van der Waals surface area contributed by atoms with Crippen LogP contribution in [0.2, 0.25) is 0 Å². The minimum atomic E-state index is -3.57. The lowest BCUT2D eigenvalue weighted by molar-refractivity contribution is -0.120. The summed E-state index contributed by atoms with van der Waals surface area (Å²) in [5.41, 5.74) is 3.56. The van der Waals surface area contributed by atoms with Gasteiger partial charge in [0, 0.05) is 12.1 Å². The Balaban J connectivity index is 2.63. The maximum atomic E-state index is 12.0. The second-order valence-electron chi connectivity index (χ2n) is 8.23. The summed E-state index contributed by atoms with van der Waals surface area (Å²) >= 11 is 4.13. The van der Waals surface area contributed by atoms with E-state index in [1.807, 2.05) is 24.3 Å². The van der Waals surface area contributed by atoms with Gasteiger partial charge < -0.3 is 5.32 Å². The number of carbonyl (C=O) groups is 1. The first-order valence-corrected chi connectivity index (χ1v) is 11.8. The summed E-state index contributed by atoms with van der Waals surface area (Å²) < 4.78 is 25.9. The fraction of sp³-hybridized carbons (Fsp3) is 0.364. The van der Waals surface area contributed by atoms with Crippen LogP contribution in [0.4, 0.5) is 5.69 Å². The van der Waals surface area contributed by atoms with Gasteiger partial charge >= 0.3 is 0 Å². The number of thiol groups is 1. The summed E-state index contributed by atoms with van der Waals surface area (Å²) in [7, 11) is -3.57. The van der Waals surface area contributed by atoms with Crippen LogP contribution in [0, 0.1) is 11.3 Å². The van der Waals surface area contributed by atoms with Gasteiger partial charge in [-0.1, -0.05) is 51.1 Å². The largest absolute Gasteiger partial charge is 0.351 e. The van der Waals surface area contributed by atoms with Gasteiger partial charge in [0.2, 0.25) is 15.9 Å². The lowest BCUT2D eigenvalue weighted by Gasteiger charge is -2.20. The predicted molar refractivity (Wildman–Crippen MR) is 124 cm³/mol. The van der Waals surface area contributed by atoms with Crippen molar-refractivity contribution in [2.24, 2.45) is 0 Å². The van der Waals surface area contributed by atoms with Crippen molar-refractivity contribution in [2.45, 2.75) is 44.9 Å². The maximum Gasteiger partial charge on any atom is 0.232 e. The predicted octanol–water partition coefficient (Wildman–Crippen LogP) is 3.83. The van der Waals surface area contributed by atoms with Gasteiger partial charge in [0.25, 0.3) is 0 Å². The van der Waals surface area contributed by atoms with E-state index in [4.69, 9.17) is 0 Å². The number of rotatable bonds is 6. The van der Waals surface area contributed by atoms with Crippen LogP contribution in [0.15, 0.2) is 36.4 Å². The van der Waals surface area contributed by atoms with Crippen LogP contribution in [0.5, 0.6) is 0 Å². The van der Waals surface area contributed by atoms with E-state index in [-0.39, 0.29) is 29.1 Å². The summed E-state index contributed by atoms with van der Waals surface area (Å²) in [6.07, 6.45) is 1.04. The zero-order chi connectivity index (χ0) is 22.7. The Morgan fingerprint density at radius 3 is 2.23 bits per heavy atom. The Morgan fingerprint density at radius 1 is 1.17 bits per heavy atom. The lowest BCUT2D eigenvalue weighted by Crippen LogP contribution is -2.29. The summed E-state index contributed by atoms with van der Waals surface area (Å²) in [6, 6.07) is 13.2. The van der Waals surface area contributed by atoms with E-state index in [1.54, 1.807) is 13.0 Å². The fourth-order valence-corrected chi connectivity index (χ4v) is 3.65. The standard InChI is InChI=1S/C22H27N3O3S2/c1-14(29)21(26)24-13-16-8-11-19(25-30(5,27)28)18(12-23)20(16)15-6-9-17(10-7-15)22(2,3)4/h6-11,14,25,29H,13H2,1-5H3,(H,24,26). The van der Waals surface area contributed by atoms with E-state index < -0.39 is 15.3 Å². The molecule has 0 aliphatic carbocycles.